The number of ether oxygens (including phenoxy) is 1. The van der Waals surface area contributed by atoms with E-state index in [1.165, 1.54) is 38.5 Å². The summed E-state index contributed by atoms with van der Waals surface area (Å²) in [6, 6.07) is 0. The van der Waals surface area contributed by atoms with Gasteiger partial charge in [0.15, 0.2) is 0 Å². The Kier molecular flexibility index (Phi) is 19.3. The largest absolute Gasteiger partial charge is 0.461 e. The highest BCUT2D eigenvalue weighted by atomic mass is 16.5. The Bertz CT molecular complexity index is 366. The maximum Gasteiger partial charge on any atom is 0.306 e. The quantitative estimate of drug-likeness (QED) is 0.190. The van der Waals surface area contributed by atoms with Gasteiger partial charge in [-0.25, -0.2) is 0 Å². The lowest BCUT2D eigenvalue weighted by Crippen LogP contribution is -2.17. The van der Waals surface area contributed by atoms with Crippen molar-refractivity contribution in [2.24, 2.45) is 0 Å². The summed E-state index contributed by atoms with van der Waals surface area (Å²) in [5, 5.41) is 3.36. The van der Waals surface area contributed by atoms with Crippen LogP contribution in [0.3, 0.4) is 0 Å². The van der Waals surface area contributed by atoms with E-state index in [1.54, 1.807) is 6.92 Å². The minimum Gasteiger partial charge on any atom is -0.461 e. The number of carbonyl (C=O) groups is 2. The van der Waals surface area contributed by atoms with Crippen molar-refractivity contribution in [2.75, 3.05) is 19.7 Å². The third kappa shape index (κ3) is 20.9. The van der Waals surface area contributed by atoms with Crippen molar-refractivity contribution in [3.8, 4) is 0 Å². The van der Waals surface area contributed by atoms with E-state index in [-0.39, 0.29) is 11.8 Å². The van der Waals surface area contributed by atoms with Crippen molar-refractivity contribution in [2.45, 2.75) is 97.3 Å². The van der Waals surface area contributed by atoms with Crippen LogP contribution in [0.15, 0.2) is 12.2 Å². The zero-order valence-corrected chi connectivity index (χ0v) is 17.2. The lowest BCUT2D eigenvalue weighted by Gasteiger charge is -2.04. The van der Waals surface area contributed by atoms with Crippen molar-refractivity contribution in [1.82, 2.24) is 5.32 Å². The molecule has 0 bridgehead atoms. The Morgan fingerprint density at radius 2 is 1.50 bits per heavy atom. The average molecular weight is 368 g/mol. The van der Waals surface area contributed by atoms with Crippen LogP contribution in [0.5, 0.6) is 0 Å². The zero-order chi connectivity index (χ0) is 19.3. The number of ketones is 1. The molecule has 0 aromatic rings. The second-order valence-corrected chi connectivity index (χ2v) is 7.08. The van der Waals surface area contributed by atoms with Gasteiger partial charge in [0.1, 0.15) is 12.4 Å². The molecule has 0 aliphatic carbocycles. The summed E-state index contributed by atoms with van der Waals surface area (Å²) < 4.78 is 5.21. The smallest absolute Gasteiger partial charge is 0.306 e. The molecule has 0 aromatic heterocycles. The predicted molar refractivity (Wildman–Crippen MR) is 109 cm³/mol. The van der Waals surface area contributed by atoms with E-state index in [0.29, 0.717) is 19.4 Å². The third-order valence-electron chi connectivity index (χ3n) is 4.35. The van der Waals surface area contributed by atoms with E-state index in [0.717, 1.165) is 45.2 Å². The number of rotatable bonds is 19. The number of esters is 1. The lowest BCUT2D eigenvalue weighted by molar-refractivity contribution is -0.142. The molecular formula is C22H41NO3. The van der Waals surface area contributed by atoms with E-state index in [4.69, 9.17) is 4.74 Å². The maximum absolute atomic E-state index is 11.6. The molecule has 0 unspecified atom stereocenters. The van der Waals surface area contributed by atoms with Crippen molar-refractivity contribution in [3.63, 3.8) is 0 Å². The molecule has 4 heteroatoms. The van der Waals surface area contributed by atoms with Crippen LogP contribution in [-0.4, -0.2) is 31.4 Å². The van der Waals surface area contributed by atoms with Gasteiger partial charge in [-0.15, -0.1) is 0 Å². The fourth-order valence-corrected chi connectivity index (χ4v) is 2.73. The molecule has 0 amide bonds. The van der Waals surface area contributed by atoms with E-state index in [1.807, 2.05) is 6.08 Å². The molecule has 152 valence electrons. The highest BCUT2D eigenvalue weighted by molar-refractivity contribution is 5.75. The van der Waals surface area contributed by atoms with Crippen molar-refractivity contribution >= 4 is 11.8 Å². The third-order valence-corrected chi connectivity index (χ3v) is 4.35. The number of nitrogens with one attached hydrogen (secondary N) is 1. The topological polar surface area (TPSA) is 55.4 Å². The molecule has 0 aliphatic rings. The summed E-state index contributed by atoms with van der Waals surface area (Å²) in [5.74, 6) is 0.191. The average Bonchev–Trinajstić information content (AvgIpc) is 2.61. The van der Waals surface area contributed by atoms with E-state index in [2.05, 4.69) is 18.3 Å². The number of carbonyl (C=O) groups excluding carboxylic acids is 2. The summed E-state index contributed by atoms with van der Waals surface area (Å²) in [4.78, 5) is 22.4. The molecule has 0 spiro atoms. The Labute approximate surface area is 161 Å². The Morgan fingerprint density at radius 1 is 0.808 bits per heavy atom. The van der Waals surface area contributed by atoms with Gasteiger partial charge in [-0.1, -0.05) is 57.6 Å². The van der Waals surface area contributed by atoms with Crippen LogP contribution >= 0.6 is 0 Å². The van der Waals surface area contributed by atoms with Gasteiger partial charge >= 0.3 is 5.97 Å². The van der Waals surface area contributed by atoms with Crippen LogP contribution in [0, 0.1) is 0 Å². The van der Waals surface area contributed by atoms with E-state index < -0.39 is 0 Å². The predicted octanol–water partition coefficient (Wildman–Crippen LogP) is 5.36. The van der Waals surface area contributed by atoms with E-state index in [9.17, 15) is 9.59 Å². The minimum absolute atomic E-state index is 0.0761. The first-order chi connectivity index (χ1) is 12.7. The Balaban J connectivity index is 3.24. The maximum atomic E-state index is 11.6. The zero-order valence-electron chi connectivity index (χ0n) is 17.2. The van der Waals surface area contributed by atoms with Crippen LogP contribution in [0.25, 0.3) is 0 Å². The molecule has 0 radical (unpaired) electrons. The second kappa shape index (κ2) is 20.2. The molecule has 26 heavy (non-hydrogen) atoms. The SMILES string of the molecule is CCCCCC/C=C\COC(=O)CCCCCCCNCCCC(C)=O. The molecule has 0 saturated carbocycles. The van der Waals surface area contributed by atoms with Crippen molar-refractivity contribution in [1.29, 1.82) is 0 Å². The molecule has 0 rings (SSSR count). The monoisotopic (exact) mass is 367 g/mol. The molecule has 0 aliphatic heterocycles. The number of unbranched alkanes of at least 4 members (excludes halogenated alkanes) is 8. The molecule has 0 atom stereocenters. The highest BCUT2D eigenvalue weighted by Gasteiger charge is 2.01. The molecule has 0 fully saturated rings. The van der Waals surface area contributed by atoms with E-state index >= 15 is 0 Å². The number of hydrogen-bond acceptors (Lipinski definition) is 4. The van der Waals surface area contributed by atoms with Crippen LogP contribution in [0.1, 0.15) is 97.3 Å². The van der Waals surface area contributed by atoms with Crippen LogP contribution < -0.4 is 5.32 Å². The summed E-state index contributed by atoms with van der Waals surface area (Å²) in [6.07, 6.45) is 17.9. The Morgan fingerprint density at radius 3 is 2.27 bits per heavy atom. The highest BCUT2D eigenvalue weighted by Crippen LogP contribution is 2.06. The first-order valence-corrected chi connectivity index (χ1v) is 10.7. The van der Waals surface area contributed by atoms with Crippen molar-refractivity contribution in [3.05, 3.63) is 12.2 Å². The summed E-state index contributed by atoms with van der Waals surface area (Å²) in [6.45, 7) is 6.22. The molecule has 0 heterocycles. The summed E-state index contributed by atoms with van der Waals surface area (Å²) >= 11 is 0. The fourth-order valence-electron chi connectivity index (χ4n) is 2.73. The second-order valence-electron chi connectivity index (χ2n) is 7.08. The molecule has 4 nitrogen and oxygen atoms in total. The minimum atomic E-state index is -0.0761. The fraction of sp³-hybridized carbons (Fsp3) is 0.818. The van der Waals surface area contributed by atoms with Gasteiger partial charge in [-0.05, 0) is 52.1 Å². The standard InChI is InChI=1S/C22H41NO3/c1-3-4-5-6-7-11-14-20-26-22(25)17-12-9-8-10-13-18-23-19-15-16-21(2)24/h11,14,23H,3-10,12-13,15-20H2,1-2H3/b14-11-. The molecule has 0 saturated heterocycles. The summed E-state index contributed by atoms with van der Waals surface area (Å²) in [7, 11) is 0. The first-order valence-electron chi connectivity index (χ1n) is 10.7. The van der Waals surface area contributed by atoms with Gasteiger partial charge in [0.25, 0.3) is 0 Å². The van der Waals surface area contributed by atoms with Crippen LogP contribution in [0.4, 0.5) is 0 Å². The van der Waals surface area contributed by atoms with Gasteiger partial charge in [0, 0.05) is 12.8 Å². The lowest BCUT2D eigenvalue weighted by atomic mass is 10.1. The van der Waals surface area contributed by atoms with Gasteiger partial charge in [0.05, 0.1) is 0 Å². The van der Waals surface area contributed by atoms with Gasteiger partial charge in [0.2, 0.25) is 0 Å². The normalized spacial score (nSPS) is 11.2. The molecular weight excluding hydrogens is 326 g/mol. The molecule has 1 N–H and O–H groups in total. The summed E-state index contributed by atoms with van der Waals surface area (Å²) in [5.41, 5.74) is 0. The number of Topliss-reactive ketones (excluding diaryl/α,β-unsaturated/α-hetero) is 1. The number of allylic oxidation sites excluding steroid dienone is 1. The first kappa shape index (κ1) is 24.8. The van der Waals surface area contributed by atoms with Crippen molar-refractivity contribution < 1.29 is 14.3 Å². The van der Waals surface area contributed by atoms with Gasteiger partial charge in [-0.3, -0.25) is 4.79 Å². The van der Waals surface area contributed by atoms with Gasteiger partial charge in [-0.2, -0.15) is 0 Å². The Hall–Kier alpha value is -1.16. The van der Waals surface area contributed by atoms with Crippen LogP contribution in [-0.2, 0) is 14.3 Å². The van der Waals surface area contributed by atoms with Gasteiger partial charge < -0.3 is 14.8 Å². The molecule has 0 aromatic carbocycles. The van der Waals surface area contributed by atoms with Crippen LogP contribution in [0.2, 0.25) is 0 Å². The number of hydrogen-bond donors (Lipinski definition) is 1.